The Bertz CT molecular complexity index is 395. The molecule has 1 aliphatic rings. The summed E-state index contributed by atoms with van der Waals surface area (Å²) in [4.78, 5) is 0. The van der Waals surface area contributed by atoms with Crippen LogP contribution in [0.3, 0.4) is 0 Å². The van der Waals surface area contributed by atoms with Crippen LogP contribution in [-0.4, -0.2) is 18.3 Å². The highest BCUT2D eigenvalue weighted by Crippen LogP contribution is 2.37. The second kappa shape index (κ2) is 5.71. The molecule has 0 aromatic heterocycles. The van der Waals surface area contributed by atoms with Crippen molar-refractivity contribution in [2.75, 3.05) is 13.2 Å². The van der Waals surface area contributed by atoms with Crippen LogP contribution in [0.2, 0.25) is 5.02 Å². The van der Waals surface area contributed by atoms with Gasteiger partial charge in [-0.25, -0.2) is 0 Å². The summed E-state index contributed by atoms with van der Waals surface area (Å²) in [5.74, 6) is 0.824. The number of rotatable bonds is 4. The van der Waals surface area contributed by atoms with Crippen molar-refractivity contribution in [3.05, 3.63) is 28.3 Å². The molecule has 1 atom stereocenters. The van der Waals surface area contributed by atoms with Crippen LogP contribution in [0.1, 0.15) is 36.5 Å². The molecule has 0 saturated carbocycles. The fraction of sp³-hybridized carbons (Fsp3) is 0.538. The predicted molar refractivity (Wildman–Crippen MR) is 68.5 cm³/mol. The van der Waals surface area contributed by atoms with E-state index in [9.17, 15) is 5.11 Å². The van der Waals surface area contributed by atoms with Crippen molar-refractivity contribution in [3.63, 3.8) is 0 Å². The molecule has 1 aliphatic heterocycles. The van der Waals surface area contributed by atoms with Crippen molar-refractivity contribution in [3.8, 4) is 5.75 Å². The second-order valence-corrected chi connectivity index (χ2v) is 4.82. The summed E-state index contributed by atoms with van der Waals surface area (Å²) in [6.45, 7) is 1.30. The largest absolute Gasteiger partial charge is 0.493 e. The van der Waals surface area contributed by atoms with Crippen LogP contribution < -0.4 is 10.5 Å². The van der Waals surface area contributed by atoms with Gasteiger partial charge in [0.05, 0.1) is 12.7 Å². The van der Waals surface area contributed by atoms with Gasteiger partial charge in [-0.1, -0.05) is 11.6 Å². The molecule has 1 aromatic rings. The van der Waals surface area contributed by atoms with E-state index in [1.807, 2.05) is 6.07 Å². The zero-order valence-electron chi connectivity index (χ0n) is 9.79. The molecule has 0 radical (unpaired) electrons. The molecular weight excluding hydrogens is 238 g/mol. The third kappa shape index (κ3) is 2.92. The van der Waals surface area contributed by atoms with Gasteiger partial charge in [0, 0.05) is 10.6 Å². The molecule has 0 saturated heterocycles. The SMILES string of the molecule is NCCCC(O)c1cc(Cl)cc2c1OCCC2. The van der Waals surface area contributed by atoms with Gasteiger partial charge in [-0.3, -0.25) is 0 Å². The number of aliphatic hydroxyl groups excluding tert-OH is 1. The third-order valence-electron chi connectivity index (χ3n) is 3.04. The van der Waals surface area contributed by atoms with Gasteiger partial charge in [0.1, 0.15) is 5.75 Å². The van der Waals surface area contributed by atoms with E-state index in [2.05, 4.69) is 0 Å². The van der Waals surface area contributed by atoms with Crippen LogP contribution in [0.15, 0.2) is 12.1 Å². The number of fused-ring (bicyclic) bond motifs is 1. The first kappa shape index (κ1) is 12.7. The molecule has 17 heavy (non-hydrogen) atoms. The number of aliphatic hydroxyl groups is 1. The lowest BCUT2D eigenvalue weighted by Crippen LogP contribution is -2.13. The standard InChI is InChI=1S/C13H18ClNO2/c14-10-7-9-3-2-6-17-13(9)11(8-10)12(16)4-1-5-15/h7-8,12,16H,1-6,15H2. The maximum atomic E-state index is 10.1. The van der Waals surface area contributed by atoms with Gasteiger partial charge in [-0.15, -0.1) is 0 Å². The zero-order chi connectivity index (χ0) is 12.3. The Morgan fingerprint density at radius 2 is 2.29 bits per heavy atom. The van der Waals surface area contributed by atoms with E-state index in [1.165, 1.54) is 0 Å². The highest BCUT2D eigenvalue weighted by Gasteiger charge is 2.20. The first-order chi connectivity index (χ1) is 8.22. The summed E-state index contributed by atoms with van der Waals surface area (Å²) in [7, 11) is 0. The molecule has 1 aromatic carbocycles. The Labute approximate surface area is 107 Å². The fourth-order valence-corrected chi connectivity index (χ4v) is 2.44. The van der Waals surface area contributed by atoms with Gasteiger partial charge in [0.25, 0.3) is 0 Å². The first-order valence-corrected chi connectivity index (χ1v) is 6.43. The Morgan fingerprint density at radius 3 is 3.06 bits per heavy atom. The topological polar surface area (TPSA) is 55.5 Å². The van der Waals surface area contributed by atoms with Crippen LogP contribution in [0.5, 0.6) is 5.75 Å². The fourth-order valence-electron chi connectivity index (χ4n) is 2.19. The lowest BCUT2D eigenvalue weighted by molar-refractivity contribution is 0.157. The van der Waals surface area contributed by atoms with E-state index < -0.39 is 6.10 Å². The maximum Gasteiger partial charge on any atom is 0.128 e. The van der Waals surface area contributed by atoms with E-state index >= 15 is 0 Å². The predicted octanol–water partition coefficient (Wildman–Crippen LogP) is 2.44. The monoisotopic (exact) mass is 255 g/mol. The van der Waals surface area contributed by atoms with E-state index in [0.29, 0.717) is 24.6 Å². The van der Waals surface area contributed by atoms with Crippen LogP contribution >= 0.6 is 11.6 Å². The van der Waals surface area contributed by atoms with Crippen LogP contribution in [0.4, 0.5) is 0 Å². The van der Waals surface area contributed by atoms with Crippen molar-refractivity contribution in [1.82, 2.24) is 0 Å². The molecule has 0 amide bonds. The summed E-state index contributed by atoms with van der Waals surface area (Å²) in [6.07, 6.45) is 2.87. The van der Waals surface area contributed by atoms with E-state index in [0.717, 1.165) is 36.1 Å². The summed E-state index contributed by atoms with van der Waals surface area (Å²) in [5, 5.41) is 10.8. The number of halogens is 1. The third-order valence-corrected chi connectivity index (χ3v) is 3.26. The van der Waals surface area contributed by atoms with Gasteiger partial charge >= 0.3 is 0 Å². The van der Waals surface area contributed by atoms with Crippen LogP contribution in [0.25, 0.3) is 0 Å². The Hall–Kier alpha value is -0.770. The zero-order valence-corrected chi connectivity index (χ0v) is 10.5. The van der Waals surface area contributed by atoms with Crippen molar-refractivity contribution >= 4 is 11.6 Å². The summed E-state index contributed by atoms with van der Waals surface area (Å²) in [5.41, 5.74) is 7.36. The molecule has 0 aliphatic carbocycles. The number of hydrogen-bond acceptors (Lipinski definition) is 3. The Morgan fingerprint density at radius 1 is 1.47 bits per heavy atom. The van der Waals surface area contributed by atoms with Crippen molar-refractivity contribution < 1.29 is 9.84 Å². The molecular formula is C13H18ClNO2. The van der Waals surface area contributed by atoms with Crippen molar-refractivity contribution in [1.29, 1.82) is 0 Å². The minimum Gasteiger partial charge on any atom is -0.493 e. The highest BCUT2D eigenvalue weighted by molar-refractivity contribution is 6.30. The molecule has 3 nitrogen and oxygen atoms in total. The number of hydrogen-bond donors (Lipinski definition) is 2. The van der Waals surface area contributed by atoms with E-state index in [4.69, 9.17) is 22.1 Å². The summed E-state index contributed by atoms with van der Waals surface area (Å²) >= 11 is 6.07. The summed E-state index contributed by atoms with van der Waals surface area (Å²) in [6, 6.07) is 3.72. The average Bonchev–Trinajstić information content (AvgIpc) is 2.34. The van der Waals surface area contributed by atoms with Gasteiger partial charge < -0.3 is 15.6 Å². The maximum absolute atomic E-state index is 10.1. The molecule has 0 spiro atoms. The van der Waals surface area contributed by atoms with E-state index in [-0.39, 0.29) is 0 Å². The summed E-state index contributed by atoms with van der Waals surface area (Å²) < 4.78 is 5.66. The lowest BCUT2D eigenvalue weighted by atomic mass is 9.97. The van der Waals surface area contributed by atoms with Gasteiger partial charge in [0.15, 0.2) is 0 Å². The van der Waals surface area contributed by atoms with E-state index in [1.54, 1.807) is 6.07 Å². The molecule has 1 unspecified atom stereocenters. The van der Waals surface area contributed by atoms with Gasteiger partial charge in [0.2, 0.25) is 0 Å². The minimum absolute atomic E-state index is 0.538. The number of ether oxygens (including phenoxy) is 1. The number of benzene rings is 1. The molecule has 94 valence electrons. The van der Waals surface area contributed by atoms with Crippen molar-refractivity contribution in [2.45, 2.75) is 31.8 Å². The number of aryl methyl sites for hydroxylation is 1. The highest BCUT2D eigenvalue weighted by atomic mass is 35.5. The molecule has 0 bridgehead atoms. The molecule has 0 fully saturated rings. The lowest BCUT2D eigenvalue weighted by Gasteiger charge is -2.23. The average molecular weight is 256 g/mol. The first-order valence-electron chi connectivity index (χ1n) is 6.05. The second-order valence-electron chi connectivity index (χ2n) is 4.38. The molecule has 1 heterocycles. The van der Waals surface area contributed by atoms with Crippen LogP contribution in [-0.2, 0) is 6.42 Å². The minimum atomic E-state index is -0.538. The Kier molecular flexibility index (Phi) is 4.26. The van der Waals surface area contributed by atoms with Crippen molar-refractivity contribution in [2.24, 2.45) is 5.73 Å². The van der Waals surface area contributed by atoms with Crippen LogP contribution in [0, 0.1) is 0 Å². The molecule has 3 N–H and O–H groups in total. The van der Waals surface area contributed by atoms with Gasteiger partial charge in [-0.2, -0.15) is 0 Å². The number of nitrogens with two attached hydrogens (primary N) is 1. The Balaban J connectivity index is 2.28. The van der Waals surface area contributed by atoms with Gasteiger partial charge in [-0.05, 0) is 49.9 Å². The molecule has 4 heteroatoms. The molecule has 2 rings (SSSR count). The smallest absolute Gasteiger partial charge is 0.128 e. The quantitative estimate of drug-likeness (QED) is 0.869. The normalized spacial score (nSPS) is 16.2.